The molecule has 2 aliphatic heterocycles. The molecule has 1 aromatic carbocycles. The topological polar surface area (TPSA) is 103 Å². The van der Waals surface area contributed by atoms with E-state index in [4.69, 9.17) is 9.90 Å². The number of hydrogen-bond acceptors (Lipinski definition) is 5. The summed E-state index contributed by atoms with van der Waals surface area (Å²) in [7, 11) is 0. The van der Waals surface area contributed by atoms with E-state index in [2.05, 4.69) is 20.9 Å². The molecule has 178 valence electrons. The van der Waals surface area contributed by atoms with Crippen LogP contribution in [0.1, 0.15) is 31.4 Å². The molecule has 32 heavy (non-hydrogen) atoms. The molecule has 1 fully saturated rings. The van der Waals surface area contributed by atoms with E-state index in [-0.39, 0.29) is 23.9 Å². The smallest absolute Gasteiger partial charge is 0.475 e. The van der Waals surface area contributed by atoms with Gasteiger partial charge in [0.15, 0.2) is 0 Å². The van der Waals surface area contributed by atoms with Gasteiger partial charge in [-0.2, -0.15) is 26.3 Å². The summed E-state index contributed by atoms with van der Waals surface area (Å²) < 4.78 is 71.0. The third-order valence-corrected chi connectivity index (χ3v) is 5.39. The van der Waals surface area contributed by atoms with Crippen molar-refractivity contribution in [2.75, 3.05) is 13.1 Å². The van der Waals surface area contributed by atoms with Crippen LogP contribution in [0.3, 0.4) is 0 Å². The Morgan fingerprint density at radius 2 is 1.78 bits per heavy atom. The minimum atomic E-state index is -5.08. The number of aliphatic carboxylic acids is 1. The van der Waals surface area contributed by atoms with Crippen molar-refractivity contribution in [1.82, 2.24) is 10.6 Å². The molecular formula is C19H22F6N4O3. The van der Waals surface area contributed by atoms with Crippen molar-refractivity contribution in [1.29, 1.82) is 0 Å². The summed E-state index contributed by atoms with van der Waals surface area (Å²) in [6, 6.07) is 5.96. The lowest BCUT2D eigenvalue weighted by Gasteiger charge is -2.29. The minimum absolute atomic E-state index is 0.0222. The molecule has 0 spiro atoms. The fraction of sp³-hybridized carbons (Fsp3) is 0.579. The Morgan fingerprint density at radius 1 is 1.19 bits per heavy atom. The fourth-order valence-electron chi connectivity index (χ4n) is 3.21. The van der Waals surface area contributed by atoms with Gasteiger partial charge in [-0.05, 0) is 37.1 Å². The number of hydrogen-bond donors (Lipinski definition) is 3. The van der Waals surface area contributed by atoms with Crippen molar-refractivity contribution in [3.63, 3.8) is 0 Å². The number of carboxylic acids is 1. The van der Waals surface area contributed by atoms with Gasteiger partial charge in [0, 0.05) is 17.5 Å². The summed E-state index contributed by atoms with van der Waals surface area (Å²) in [5.74, 6) is -2.61. The first kappa shape index (κ1) is 25.6. The average Bonchev–Trinajstić information content (AvgIpc) is 3.33. The van der Waals surface area contributed by atoms with E-state index in [9.17, 15) is 31.1 Å². The van der Waals surface area contributed by atoms with Crippen LogP contribution in [0.2, 0.25) is 0 Å². The predicted octanol–water partition coefficient (Wildman–Crippen LogP) is 3.75. The van der Waals surface area contributed by atoms with E-state index in [1.807, 2.05) is 13.8 Å². The highest BCUT2D eigenvalue weighted by atomic mass is 19.4. The highest BCUT2D eigenvalue weighted by Crippen LogP contribution is 2.52. The summed E-state index contributed by atoms with van der Waals surface area (Å²) in [5, 5.41) is 19.6. The number of nitrogens with one attached hydrogen (secondary N) is 2. The molecule has 7 nitrogen and oxygen atoms in total. The van der Waals surface area contributed by atoms with Gasteiger partial charge in [0.25, 0.3) is 0 Å². The minimum Gasteiger partial charge on any atom is -0.475 e. The lowest BCUT2D eigenvalue weighted by atomic mass is 9.77. The van der Waals surface area contributed by atoms with E-state index >= 15 is 0 Å². The van der Waals surface area contributed by atoms with E-state index in [1.54, 1.807) is 6.07 Å². The highest BCUT2D eigenvalue weighted by Gasteiger charge is 2.65. The second kappa shape index (κ2) is 9.04. The molecule has 1 amide bonds. The maximum absolute atomic E-state index is 13.1. The Balaban J connectivity index is 0.000000451. The van der Waals surface area contributed by atoms with Gasteiger partial charge in [0.05, 0.1) is 0 Å². The lowest BCUT2D eigenvalue weighted by molar-refractivity contribution is -0.192. The lowest BCUT2D eigenvalue weighted by Crippen LogP contribution is -2.42. The SMILES string of the molecule is CC(C)(C(=O)NCc1cccc(C2(C(F)(F)F)N=N2)c1)C1CCNC1.O=C(O)C(F)(F)F. The quantitative estimate of drug-likeness (QED) is 0.573. The first-order chi connectivity index (χ1) is 14.6. The number of nitrogens with zero attached hydrogens (tertiary/aromatic N) is 2. The molecule has 2 heterocycles. The second-order valence-corrected chi connectivity index (χ2v) is 7.97. The standard InChI is InChI=1S/C17H21F3N4O.C2HF3O2/c1-15(2,13-6-7-21-10-13)14(25)22-9-11-4-3-5-12(8-11)16(23-24-16)17(18,19)20;3-2(4,5)1(6)7/h3-5,8,13,21H,6-7,9-10H2,1-2H3,(H,22,25);(H,6,7). The molecule has 1 aromatic rings. The highest BCUT2D eigenvalue weighted by molar-refractivity contribution is 5.82. The third-order valence-electron chi connectivity index (χ3n) is 5.39. The van der Waals surface area contributed by atoms with Gasteiger partial charge in [0.2, 0.25) is 5.91 Å². The van der Waals surface area contributed by atoms with Crippen molar-refractivity contribution in [2.24, 2.45) is 21.6 Å². The fourth-order valence-corrected chi connectivity index (χ4v) is 3.21. The number of carboxylic acid groups (broad SMARTS) is 1. The van der Waals surface area contributed by atoms with Gasteiger partial charge in [0.1, 0.15) is 0 Å². The van der Waals surface area contributed by atoms with Gasteiger partial charge < -0.3 is 15.7 Å². The molecule has 1 atom stereocenters. The van der Waals surface area contributed by atoms with Crippen LogP contribution in [0.15, 0.2) is 34.5 Å². The van der Waals surface area contributed by atoms with E-state index in [0.29, 0.717) is 5.56 Å². The Labute approximate surface area is 179 Å². The van der Waals surface area contributed by atoms with Gasteiger partial charge in [-0.25, -0.2) is 4.79 Å². The number of rotatable bonds is 5. The zero-order valence-corrected chi connectivity index (χ0v) is 17.1. The third kappa shape index (κ3) is 5.75. The van der Waals surface area contributed by atoms with Crippen LogP contribution in [0.25, 0.3) is 0 Å². The maximum atomic E-state index is 13.1. The number of halogens is 6. The van der Waals surface area contributed by atoms with Gasteiger partial charge in [-0.15, -0.1) is 10.2 Å². The van der Waals surface area contributed by atoms with Crippen LogP contribution in [0.4, 0.5) is 26.3 Å². The van der Waals surface area contributed by atoms with Crippen LogP contribution >= 0.6 is 0 Å². The average molecular weight is 468 g/mol. The van der Waals surface area contributed by atoms with Crippen molar-refractivity contribution in [3.05, 3.63) is 35.4 Å². The van der Waals surface area contributed by atoms with Crippen LogP contribution in [0, 0.1) is 11.3 Å². The summed E-state index contributed by atoms with van der Waals surface area (Å²) in [6.45, 7) is 5.67. The molecule has 2 aliphatic rings. The predicted molar refractivity (Wildman–Crippen MR) is 99.3 cm³/mol. The Hall–Kier alpha value is -2.70. The van der Waals surface area contributed by atoms with E-state index < -0.39 is 29.4 Å². The largest absolute Gasteiger partial charge is 0.490 e. The number of carbonyl (C=O) groups is 2. The van der Waals surface area contributed by atoms with E-state index in [1.165, 1.54) is 18.2 Å². The molecule has 3 N–H and O–H groups in total. The summed E-state index contributed by atoms with van der Waals surface area (Å²) in [4.78, 5) is 21.4. The van der Waals surface area contributed by atoms with Gasteiger partial charge in [-0.3, -0.25) is 4.79 Å². The van der Waals surface area contributed by atoms with Crippen LogP contribution in [-0.2, 0) is 21.8 Å². The first-order valence-corrected chi connectivity index (χ1v) is 9.50. The van der Waals surface area contributed by atoms with Crippen LogP contribution < -0.4 is 10.6 Å². The maximum Gasteiger partial charge on any atom is 0.490 e. The molecule has 0 aliphatic carbocycles. The molecule has 0 saturated carbocycles. The summed E-state index contributed by atoms with van der Waals surface area (Å²) >= 11 is 0. The van der Waals surface area contributed by atoms with Crippen molar-refractivity contribution in [2.45, 2.75) is 44.8 Å². The normalized spacial score (nSPS) is 19.7. The molecule has 1 saturated heterocycles. The zero-order valence-electron chi connectivity index (χ0n) is 17.1. The van der Waals surface area contributed by atoms with Gasteiger partial charge in [-0.1, -0.05) is 32.0 Å². The molecular weight excluding hydrogens is 446 g/mol. The number of carbonyl (C=O) groups excluding carboxylic acids is 1. The first-order valence-electron chi connectivity index (χ1n) is 9.50. The van der Waals surface area contributed by atoms with E-state index in [0.717, 1.165) is 19.5 Å². The number of amides is 1. The Morgan fingerprint density at radius 3 is 2.22 bits per heavy atom. The van der Waals surface area contributed by atoms with Crippen molar-refractivity contribution >= 4 is 11.9 Å². The summed E-state index contributed by atoms with van der Waals surface area (Å²) in [5.41, 5.74) is -2.39. The molecule has 13 heteroatoms. The molecule has 0 radical (unpaired) electrons. The molecule has 1 unspecified atom stereocenters. The molecule has 3 rings (SSSR count). The van der Waals surface area contributed by atoms with Crippen LogP contribution in [0.5, 0.6) is 0 Å². The van der Waals surface area contributed by atoms with Gasteiger partial charge >= 0.3 is 24.0 Å². The van der Waals surface area contributed by atoms with Crippen molar-refractivity contribution < 1.29 is 41.0 Å². The van der Waals surface area contributed by atoms with Crippen molar-refractivity contribution in [3.8, 4) is 0 Å². The number of benzene rings is 1. The summed E-state index contributed by atoms with van der Waals surface area (Å²) in [6.07, 6.45) is -8.70. The monoisotopic (exact) mass is 468 g/mol. The van der Waals surface area contributed by atoms with Crippen LogP contribution in [-0.4, -0.2) is 42.4 Å². The molecule has 0 bridgehead atoms. The molecule has 0 aromatic heterocycles. The Bertz CT molecular complexity index is 871. The zero-order chi connectivity index (χ0) is 24.4. The Kier molecular flexibility index (Phi) is 7.22. The second-order valence-electron chi connectivity index (χ2n) is 7.97. The number of alkyl halides is 6.